The first kappa shape index (κ1) is 68.6. The second kappa shape index (κ2) is 29.7. The number of H-pyrrole nitrogens is 1. The molecule has 7 aromatic heterocycles. The number of amides is 3. The smallest absolute Gasteiger partial charge is 0.261 e. The van der Waals surface area contributed by atoms with Crippen LogP contribution in [-0.4, -0.2) is 127 Å². The number of nitrogens with one attached hydrogen (secondary N) is 4. The highest BCUT2D eigenvalue weighted by Crippen LogP contribution is 2.40. The summed E-state index contributed by atoms with van der Waals surface area (Å²) in [4.78, 5) is 71.2. The average molecular weight is 1430 g/mol. The minimum Gasteiger partial charge on any atom is -0.480 e. The molecule has 3 aliphatic carbocycles. The molecular formula is C80H76N20O7. The predicted molar refractivity (Wildman–Crippen MR) is 406 cm³/mol. The molecule has 0 spiro atoms. The van der Waals surface area contributed by atoms with Crippen molar-refractivity contribution in [2.45, 2.75) is 120 Å². The Bertz CT molecular complexity index is 5680. The number of aliphatic hydroxyl groups excluding tert-OH is 3. The molecule has 27 nitrogen and oxygen atoms in total. The number of ether oxygens (including phenoxy) is 1. The Morgan fingerprint density at radius 1 is 0.495 bits per heavy atom. The number of imidazole rings is 1. The van der Waals surface area contributed by atoms with Gasteiger partial charge in [-0.15, -0.1) is 0 Å². The normalized spacial score (nSPS) is 18.7. The van der Waals surface area contributed by atoms with Crippen molar-refractivity contribution in [1.29, 1.82) is 0 Å². The zero-order valence-corrected chi connectivity index (χ0v) is 58.0. The highest BCUT2D eigenvalue weighted by molar-refractivity contribution is 6.05. The first-order valence-electron chi connectivity index (χ1n) is 35.7. The second-order valence-electron chi connectivity index (χ2n) is 27.3. The third-order valence-corrected chi connectivity index (χ3v) is 20.3. The monoisotopic (exact) mass is 1430 g/mol. The van der Waals surface area contributed by atoms with Gasteiger partial charge >= 0.3 is 0 Å². The summed E-state index contributed by atoms with van der Waals surface area (Å²) in [7, 11) is 0. The molecule has 2 fully saturated rings. The Labute approximate surface area is 612 Å². The van der Waals surface area contributed by atoms with Crippen LogP contribution in [0.25, 0.3) is 88.7 Å². The Kier molecular flexibility index (Phi) is 19.0. The van der Waals surface area contributed by atoms with Gasteiger partial charge in [-0.05, 0) is 115 Å². The topological polar surface area (TPSA) is 395 Å². The van der Waals surface area contributed by atoms with Gasteiger partial charge in [-0.25, -0.2) is 48.9 Å². The molecule has 8 heterocycles. The summed E-state index contributed by atoms with van der Waals surface area (Å²) in [6, 6.07) is 50.6. The number of anilines is 3. The maximum Gasteiger partial charge on any atom is 0.261 e. The van der Waals surface area contributed by atoms with E-state index in [0.717, 1.165) is 98.5 Å². The number of benzene rings is 7. The van der Waals surface area contributed by atoms with Gasteiger partial charge in [0, 0.05) is 48.3 Å². The number of nitrogens with two attached hydrogens (primary N) is 3. The molecule has 7 unspecified atom stereocenters. The molecule has 0 bridgehead atoms. The number of hydrogen-bond donors (Lipinski definition) is 10. The van der Waals surface area contributed by atoms with Crippen LogP contribution in [0.2, 0.25) is 0 Å². The SMILES string of the molecule is Nc1ncnc2c1c(-c1ccc(CNC(=O)C3CCc4ccccc4O3)cc1)nn2C1CCC(O)C1.Nc1ncnc2c1c(-c1ccc(CNC(=O)c3ccc4ccccc4c3)cc1)nn2C1C=CC(O)C1.Nc1ncnc2c1c(-c1ccc(CNC(=O)c3cccc4[nH]cnc34)cc1)nn2C1CCC(O)C1. The lowest BCUT2D eigenvalue weighted by atomic mass is 10.0. The predicted octanol–water partition coefficient (Wildman–Crippen LogP) is 10.2. The summed E-state index contributed by atoms with van der Waals surface area (Å²) < 4.78 is 11.5. The first-order valence-corrected chi connectivity index (χ1v) is 35.7. The van der Waals surface area contributed by atoms with Gasteiger partial charge in [0.1, 0.15) is 64.8 Å². The third kappa shape index (κ3) is 14.2. The van der Waals surface area contributed by atoms with Crippen LogP contribution < -0.4 is 37.9 Å². The van der Waals surface area contributed by atoms with Crippen LogP contribution in [0.15, 0.2) is 195 Å². The number of aromatic amines is 1. The molecule has 27 heteroatoms. The van der Waals surface area contributed by atoms with Crippen molar-refractivity contribution in [1.82, 2.24) is 85.2 Å². The van der Waals surface area contributed by atoms with Gasteiger partial charge < -0.3 is 58.2 Å². The van der Waals surface area contributed by atoms with Crippen molar-refractivity contribution in [3.63, 3.8) is 0 Å². The Hall–Kier alpha value is -12.9. The number of allylic oxidation sites excluding steroid dienone is 1. The number of nitrogen functional groups attached to an aromatic ring is 3. The van der Waals surface area contributed by atoms with Crippen molar-refractivity contribution in [2.24, 2.45) is 0 Å². The number of rotatable bonds is 15. The highest BCUT2D eigenvalue weighted by atomic mass is 16.5. The van der Waals surface area contributed by atoms with Crippen molar-refractivity contribution in [2.75, 3.05) is 17.2 Å². The van der Waals surface area contributed by atoms with Crippen LogP contribution in [0.5, 0.6) is 5.75 Å². The summed E-state index contributed by atoms with van der Waals surface area (Å²) in [5.74, 6) is 1.49. The van der Waals surface area contributed by atoms with E-state index in [0.29, 0.717) is 124 Å². The summed E-state index contributed by atoms with van der Waals surface area (Å²) in [6.07, 6.45) is 14.5. The molecule has 13 N–H and O–H groups in total. The van der Waals surface area contributed by atoms with E-state index in [9.17, 15) is 29.7 Å². The number of para-hydroxylation sites is 2. The molecule has 0 saturated heterocycles. The van der Waals surface area contributed by atoms with E-state index in [2.05, 4.69) is 55.8 Å². The van der Waals surface area contributed by atoms with Gasteiger partial charge in [0.25, 0.3) is 17.7 Å². The van der Waals surface area contributed by atoms with E-state index < -0.39 is 12.2 Å². The Balaban J connectivity index is 0.000000123. The quantitative estimate of drug-likeness (QED) is 0.0426. The lowest BCUT2D eigenvalue weighted by Gasteiger charge is -2.25. The van der Waals surface area contributed by atoms with Gasteiger partial charge in [0.15, 0.2) is 23.0 Å². The number of carbonyl (C=O) groups excluding carboxylic acids is 3. The third-order valence-electron chi connectivity index (χ3n) is 20.3. The fraction of sp³-hybridized carbons (Fsp3) is 0.237. The number of aliphatic hydroxyl groups is 3. The van der Waals surface area contributed by atoms with Crippen molar-refractivity contribution in [3.8, 4) is 39.5 Å². The number of nitrogens with zero attached hydrogens (tertiary/aromatic N) is 13. The number of aryl methyl sites for hydroxylation is 1. The van der Waals surface area contributed by atoms with Crippen molar-refractivity contribution < 1.29 is 34.4 Å². The van der Waals surface area contributed by atoms with Gasteiger partial charge in [-0.2, -0.15) is 15.3 Å². The molecule has 3 amide bonds. The summed E-state index contributed by atoms with van der Waals surface area (Å²) in [6.45, 7) is 1.18. The fourth-order valence-corrected chi connectivity index (χ4v) is 14.7. The minimum atomic E-state index is -0.499. The van der Waals surface area contributed by atoms with E-state index >= 15 is 0 Å². The lowest BCUT2D eigenvalue weighted by molar-refractivity contribution is -0.128. The molecule has 2 saturated carbocycles. The summed E-state index contributed by atoms with van der Waals surface area (Å²) in [5, 5.41) is 57.7. The van der Waals surface area contributed by atoms with E-state index in [1.54, 1.807) is 23.2 Å². The molecule has 107 heavy (non-hydrogen) atoms. The summed E-state index contributed by atoms with van der Waals surface area (Å²) in [5.41, 5.74) is 32.1. The molecular weight excluding hydrogens is 1350 g/mol. The Morgan fingerprint density at radius 2 is 1.01 bits per heavy atom. The largest absolute Gasteiger partial charge is 0.480 e. The van der Waals surface area contributed by atoms with E-state index in [1.165, 1.54) is 19.0 Å². The van der Waals surface area contributed by atoms with Gasteiger partial charge in [-0.3, -0.25) is 14.4 Å². The van der Waals surface area contributed by atoms with Gasteiger partial charge in [-0.1, -0.05) is 140 Å². The van der Waals surface area contributed by atoms with Crippen LogP contribution in [0.1, 0.15) is 112 Å². The fourth-order valence-electron chi connectivity index (χ4n) is 14.7. The lowest BCUT2D eigenvalue weighted by Crippen LogP contribution is -2.40. The number of fused-ring (bicyclic) bond motifs is 6. The molecule has 1 aliphatic heterocycles. The number of aromatic nitrogens is 14. The second-order valence-corrected chi connectivity index (χ2v) is 27.3. The van der Waals surface area contributed by atoms with Crippen molar-refractivity contribution in [3.05, 3.63) is 229 Å². The van der Waals surface area contributed by atoms with Crippen LogP contribution in [0.3, 0.4) is 0 Å². The number of carbonyl (C=O) groups is 3. The molecule has 0 radical (unpaired) electrons. The molecule has 538 valence electrons. The highest BCUT2D eigenvalue weighted by Gasteiger charge is 2.32. The minimum absolute atomic E-state index is 0.0732. The first-order chi connectivity index (χ1) is 52.2. The van der Waals surface area contributed by atoms with E-state index in [4.69, 9.17) is 37.2 Å². The summed E-state index contributed by atoms with van der Waals surface area (Å²) >= 11 is 0. The zero-order valence-electron chi connectivity index (χ0n) is 58.0. The van der Waals surface area contributed by atoms with Crippen LogP contribution in [-0.2, 0) is 30.8 Å². The van der Waals surface area contributed by atoms with Crippen LogP contribution >= 0.6 is 0 Å². The maximum atomic E-state index is 12.7. The number of hydrogen-bond acceptors (Lipinski definition) is 20. The van der Waals surface area contributed by atoms with Crippen LogP contribution in [0.4, 0.5) is 17.5 Å². The van der Waals surface area contributed by atoms with Crippen LogP contribution in [0, 0.1) is 0 Å². The maximum absolute atomic E-state index is 12.7. The Morgan fingerprint density at radius 3 is 1.55 bits per heavy atom. The molecule has 7 aromatic carbocycles. The molecule has 18 rings (SSSR count). The molecule has 7 atom stereocenters. The molecule has 14 aromatic rings. The van der Waals surface area contributed by atoms with E-state index in [1.807, 2.05) is 167 Å². The van der Waals surface area contributed by atoms with Gasteiger partial charge in [0.05, 0.1) is 70.0 Å². The zero-order chi connectivity index (χ0) is 73.2. The van der Waals surface area contributed by atoms with E-state index in [-0.39, 0.29) is 48.1 Å². The average Bonchev–Trinajstić information content (AvgIpc) is 1.62. The van der Waals surface area contributed by atoms with Gasteiger partial charge in [0.2, 0.25) is 0 Å². The molecule has 4 aliphatic rings. The standard InChI is InChI=1S/C28H24N6O2.C27H28N6O3.C25H24N8O2/c29-26-24-25(33-34(27(24)32-16-31-26)22-11-12-23(35)14-22)19-7-5-17(6-8-19)15-30-28(36)21-10-9-18-3-1-2-4-20(18)13-21;28-25-23-24(32-33(26(23)31-15-30-25)19-10-11-20(34)13-19)18-7-5-16(6-8-18)14-29-27(35)22-12-9-17-3-1-2-4-21(17)36-22;26-23-20-21(32-33(24(20)31-13-30-23)16-8-9-17(34)10-16)15-6-4-14(5-7-15)11-27-25(35)18-2-1-3-19-22(18)29-12-28-19/h1-13,16,22-23,35H,14-15H2,(H,30,36)(H2,29,31,32);1-8,15,19-20,22,34H,9-14H2,(H,29,35)(H2,28,30,31);1-7,12-13,16-17,34H,8-11H2,(H,27,35)(H,28,29)(H2,26,30,31). The van der Waals surface area contributed by atoms with Crippen molar-refractivity contribution >= 4 is 90.1 Å².